The Morgan fingerprint density at radius 3 is 2.85 bits per heavy atom. The van der Waals surface area contributed by atoms with Crippen molar-refractivity contribution in [3.63, 3.8) is 0 Å². The largest absolute Gasteiger partial charge is 0.399 e. The third-order valence-electron chi connectivity index (χ3n) is 4.29. The average molecular weight is 273 g/mol. The predicted octanol–water partition coefficient (Wildman–Crippen LogP) is 1.79. The second kappa shape index (κ2) is 5.44. The highest BCUT2D eigenvalue weighted by molar-refractivity contribution is 5.95. The van der Waals surface area contributed by atoms with Crippen LogP contribution >= 0.6 is 0 Å². The molecule has 20 heavy (non-hydrogen) atoms. The van der Waals surface area contributed by atoms with Crippen LogP contribution in [0.5, 0.6) is 0 Å². The summed E-state index contributed by atoms with van der Waals surface area (Å²) in [5.41, 5.74) is 8.13. The minimum absolute atomic E-state index is 0.00901. The Morgan fingerprint density at radius 1 is 1.35 bits per heavy atom. The number of hydrogen-bond acceptors (Lipinski definition) is 3. The lowest BCUT2D eigenvalue weighted by Gasteiger charge is -2.15. The second-order valence-corrected chi connectivity index (χ2v) is 6.22. The molecule has 2 aliphatic rings. The lowest BCUT2D eigenvalue weighted by atomic mass is 10.1. The molecule has 0 radical (unpaired) electrons. The van der Waals surface area contributed by atoms with E-state index in [0.717, 1.165) is 24.7 Å². The van der Waals surface area contributed by atoms with Crippen molar-refractivity contribution in [2.75, 3.05) is 25.4 Å². The zero-order chi connectivity index (χ0) is 14.1. The summed E-state index contributed by atoms with van der Waals surface area (Å²) in [6.07, 6.45) is 3.93. The van der Waals surface area contributed by atoms with Gasteiger partial charge in [-0.05, 0) is 62.4 Å². The maximum Gasteiger partial charge on any atom is 0.251 e. The minimum atomic E-state index is -0.00901. The van der Waals surface area contributed by atoms with Gasteiger partial charge in [0.25, 0.3) is 5.91 Å². The van der Waals surface area contributed by atoms with E-state index in [1.165, 1.54) is 25.8 Å². The van der Waals surface area contributed by atoms with E-state index in [1.807, 2.05) is 19.1 Å². The van der Waals surface area contributed by atoms with Crippen LogP contribution in [-0.4, -0.2) is 36.5 Å². The van der Waals surface area contributed by atoms with Crippen LogP contribution in [0.2, 0.25) is 0 Å². The number of carbonyl (C=O) groups is 1. The van der Waals surface area contributed by atoms with Gasteiger partial charge >= 0.3 is 0 Å². The Bertz CT molecular complexity index is 490. The van der Waals surface area contributed by atoms with Gasteiger partial charge < -0.3 is 16.0 Å². The Labute approximate surface area is 120 Å². The van der Waals surface area contributed by atoms with Crippen molar-refractivity contribution in [1.29, 1.82) is 0 Å². The molecule has 1 aromatic carbocycles. The van der Waals surface area contributed by atoms with Gasteiger partial charge in [-0.1, -0.05) is 0 Å². The van der Waals surface area contributed by atoms with Crippen LogP contribution in [0.1, 0.15) is 35.2 Å². The van der Waals surface area contributed by atoms with E-state index in [2.05, 4.69) is 10.2 Å². The number of nitrogen functional groups attached to an aromatic ring is 1. The summed E-state index contributed by atoms with van der Waals surface area (Å²) in [5, 5.41) is 3.05. The summed E-state index contributed by atoms with van der Waals surface area (Å²) < 4.78 is 0. The molecule has 1 aromatic rings. The summed E-state index contributed by atoms with van der Waals surface area (Å²) in [6.45, 7) is 5.07. The predicted molar refractivity (Wildman–Crippen MR) is 80.6 cm³/mol. The molecule has 1 atom stereocenters. The third-order valence-corrected chi connectivity index (χ3v) is 4.29. The van der Waals surface area contributed by atoms with Gasteiger partial charge in [0, 0.05) is 30.4 Å². The molecular weight excluding hydrogens is 250 g/mol. The molecule has 108 valence electrons. The van der Waals surface area contributed by atoms with E-state index in [4.69, 9.17) is 5.73 Å². The van der Waals surface area contributed by atoms with Gasteiger partial charge in [0.05, 0.1) is 0 Å². The van der Waals surface area contributed by atoms with E-state index in [0.29, 0.717) is 17.2 Å². The zero-order valence-corrected chi connectivity index (χ0v) is 12.1. The number of anilines is 1. The molecule has 4 heteroatoms. The van der Waals surface area contributed by atoms with Gasteiger partial charge in [-0.2, -0.15) is 0 Å². The molecule has 1 unspecified atom stereocenters. The highest BCUT2D eigenvalue weighted by Gasteiger charge is 2.34. The van der Waals surface area contributed by atoms with E-state index in [9.17, 15) is 4.79 Å². The number of nitrogens with one attached hydrogen (secondary N) is 1. The zero-order valence-electron chi connectivity index (χ0n) is 12.1. The summed E-state index contributed by atoms with van der Waals surface area (Å²) in [6, 6.07) is 6.35. The normalized spacial score (nSPS) is 22.9. The van der Waals surface area contributed by atoms with Gasteiger partial charge in [-0.15, -0.1) is 0 Å². The highest BCUT2D eigenvalue weighted by Crippen LogP contribution is 2.31. The number of carbonyl (C=O) groups excluding carboxylic acids is 1. The number of benzene rings is 1. The van der Waals surface area contributed by atoms with Crippen LogP contribution in [-0.2, 0) is 0 Å². The summed E-state index contributed by atoms with van der Waals surface area (Å²) in [7, 11) is 0. The quantitative estimate of drug-likeness (QED) is 0.822. The van der Waals surface area contributed by atoms with E-state index < -0.39 is 0 Å². The molecule has 4 nitrogen and oxygen atoms in total. The number of rotatable bonds is 4. The third kappa shape index (κ3) is 3.12. The first-order valence-electron chi connectivity index (χ1n) is 7.51. The van der Waals surface area contributed by atoms with Crippen molar-refractivity contribution in [3.05, 3.63) is 29.3 Å². The molecule has 3 N–H and O–H groups in total. The second-order valence-electron chi connectivity index (χ2n) is 6.22. The van der Waals surface area contributed by atoms with Crippen LogP contribution in [0, 0.1) is 12.8 Å². The molecule has 1 aliphatic carbocycles. The number of amides is 1. The van der Waals surface area contributed by atoms with E-state index >= 15 is 0 Å². The number of hydrogen-bond donors (Lipinski definition) is 2. The topological polar surface area (TPSA) is 58.4 Å². The smallest absolute Gasteiger partial charge is 0.251 e. The Balaban J connectivity index is 1.51. The molecule has 1 saturated heterocycles. The van der Waals surface area contributed by atoms with Crippen molar-refractivity contribution in [2.24, 2.45) is 5.92 Å². The molecule has 0 spiro atoms. The molecular formula is C16H23N3O. The van der Waals surface area contributed by atoms with Crippen molar-refractivity contribution in [1.82, 2.24) is 10.2 Å². The number of aryl methyl sites for hydroxylation is 1. The van der Waals surface area contributed by atoms with Crippen LogP contribution < -0.4 is 11.1 Å². The highest BCUT2D eigenvalue weighted by atomic mass is 16.1. The van der Waals surface area contributed by atoms with E-state index in [1.54, 1.807) is 6.07 Å². The lowest BCUT2D eigenvalue weighted by molar-refractivity contribution is 0.0947. The van der Waals surface area contributed by atoms with Gasteiger partial charge in [0.15, 0.2) is 0 Å². The average Bonchev–Trinajstić information content (AvgIpc) is 3.14. The first kappa shape index (κ1) is 13.4. The summed E-state index contributed by atoms with van der Waals surface area (Å²) in [4.78, 5) is 14.7. The number of nitrogens with zero attached hydrogens (tertiary/aromatic N) is 1. The fraction of sp³-hybridized carbons (Fsp3) is 0.562. The van der Waals surface area contributed by atoms with Gasteiger partial charge in [-0.3, -0.25) is 4.79 Å². The standard InChI is InChI=1S/C16H23N3O/c1-11-6-13(8-14(17)7-11)16(20)18-9-12-4-5-19(10-12)15-2-3-15/h6-8,12,15H,2-5,9-10,17H2,1H3,(H,18,20). The van der Waals surface area contributed by atoms with Gasteiger partial charge in [0.2, 0.25) is 0 Å². The van der Waals surface area contributed by atoms with Crippen LogP contribution in [0.4, 0.5) is 5.69 Å². The van der Waals surface area contributed by atoms with Crippen molar-refractivity contribution < 1.29 is 4.79 Å². The molecule has 0 bridgehead atoms. The molecule has 3 rings (SSSR count). The van der Waals surface area contributed by atoms with Crippen LogP contribution in [0.25, 0.3) is 0 Å². The van der Waals surface area contributed by atoms with Gasteiger partial charge in [-0.25, -0.2) is 0 Å². The Hall–Kier alpha value is -1.55. The lowest BCUT2D eigenvalue weighted by Crippen LogP contribution is -2.31. The number of nitrogens with two attached hydrogens (primary N) is 1. The van der Waals surface area contributed by atoms with Crippen molar-refractivity contribution in [3.8, 4) is 0 Å². The molecule has 1 aliphatic heterocycles. The minimum Gasteiger partial charge on any atom is -0.399 e. The number of likely N-dealkylation sites (tertiary alicyclic amines) is 1. The summed E-state index contributed by atoms with van der Waals surface area (Å²) >= 11 is 0. The maximum atomic E-state index is 12.2. The first-order valence-corrected chi connectivity index (χ1v) is 7.51. The van der Waals surface area contributed by atoms with Gasteiger partial charge in [0.1, 0.15) is 0 Å². The molecule has 1 amide bonds. The molecule has 2 fully saturated rings. The van der Waals surface area contributed by atoms with Crippen LogP contribution in [0.3, 0.4) is 0 Å². The molecule has 1 saturated carbocycles. The Morgan fingerprint density at radius 2 is 2.15 bits per heavy atom. The van der Waals surface area contributed by atoms with E-state index in [-0.39, 0.29) is 5.91 Å². The SMILES string of the molecule is Cc1cc(N)cc(C(=O)NCC2CCN(C3CC3)C2)c1. The molecule has 1 heterocycles. The Kier molecular flexibility index (Phi) is 3.66. The van der Waals surface area contributed by atoms with Crippen LogP contribution in [0.15, 0.2) is 18.2 Å². The molecule has 0 aromatic heterocycles. The maximum absolute atomic E-state index is 12.2. The monoisotopic (exact) mass is 273 g/mol. The fourth-order valence-corrected chi connectivity index (χ4v) is 3.08. The summed E-state index contributed by atoms with van der Waals surface area (Å²) in [5.74, 6) is 0.590. The fourth-order valence-electron chi connectivity index (χ4n) is 3.08. The van der Waals surface area contributed by atoms with Crippen molar-refractivity contribution >= 4 is 11.6 Å². The first-order chi connectivity index (χ1) is 9.61. The van der Waals surface area contributed by atoms with Crippen molar-refractivity contribution in [2.45, 2.75) is 32.2 Å².